The van der Waals surface area contributed by atoms with Crippen molar-refractivity contribution in [1.29, 1.82) is 0 Å². The van der Waals surface area contributed by atoms with Gasteiger partial charge in [0.15, 0.2) is 0 Å². The summed E-state index contributed by atoms with van der Waals surface area (Å²) in [6, 6.07) is 11.1. The van der Waals surface area contributed by atoms with E-state index in [0.29, 0.717) is 6.04 Å². The predicted molar refractivity (Wildman–Crippen MR) is 91.3 cm³/mol. The maximum atomic E-state index is 3.70. The molecule has 0 amide bonds. The van der Waals surface area contributed by atoms with E-state index in [9.17, 15) is 0 Å². The van der Waals surface area contributed by atoms with Gasteiger partial charge in [0, 0.05) is 11.7 Å². The van der Waals surface area contributed by atoms with Gasteiger partial charge in [-0.25, -0.2) is 0 Å². The molecule has 1 unspecified atom stereocenters. The van der Waals surface area contributed by atoms with Crippen molar-refractivity contribution in [1.82, 2.24) is 0 Å². The van der Waals surface area contributed by atoms with Gasteiger partial charge < -0.3 is 5.32 Å². The maximum Gasteiger partial charge on any atom is 0.0342 e. The Bertz CT molecular complexity index is 656. The lowest BCUT2D eigenvalue weighted by Crippen LogP contribution is -2.29. The van der Waals surface area contributed by atoms with Crippen molar-refractivity contribution in [2.75, 3.05) is 5.32 Å². The number of hydrogen-bond acceptors (Lipinski definition) is 1. The third-order valence-corrected chi connectivity index (χ3v) is 5.30. The van der Waals surface area contributed by atoms with E-state index >= 15 is 0 Å². The van der Waals surface area contributed by atoms with Crippen molar-refractivity contribution < 1.29 is 0 Å². The molecule has 1 aliphatic carbocycles. The van der Waals surface area contributed by atoms with Gasteiger partial charge >= 0.3 is 0 Å². The fourth-order valence-corrected chi connectivity index (χ4v) is 3.64. The second-order valence-electron chi connectivity index (χ2n) is 6.41. The average Bonchev–Trinajstić information content (AvgIpc) is 2.52. The summed E-state index contributed by atoms with van der Waals surface area (Å²) in [6.45, 7) is 9.13. The minimum Gasteiger partial charge on any atom is -0.382 e. The van der Waals surface area contributed by atoms with Crippen LogP contribution in [0.4, 0.5) is 5.69 Å². The van der Waals surface area contributed by atoms with Gasteiger partial charge in [0.05, 0.1) is 0 Å². The number of hydrogen-bond donors (Lipinski definition) is 1. The SMILES string of the molecule is Cc1c(C)c(C)c2c(c1C)CCC(Nc1ccccc1)C2. The summed E-state index contributed by atoms with van der Waals surface area (Å²) in [4.78, 5) is 0. The Morgan fingerprint density at radius 1 is 0.810 bits per heavy atom. The Balaban J connectivity index is 1.89. The van der Waals surface area contributed by atoms with E-state index in [1.807, 2.05) is 0 Å². The van der Waals surface area contributed by atoms with Gasteiger partial charge in [-0.05, 0) is 92.5 Å². The molecule has 1 N–H and O–H groups in total. The normalized spacial score (nSPS) is 17.4. The molecule has 0 aromatic heterocycles. The fourth-order valence-electron chi connectivity index (χ4n) is 3.64. The molecular weight excluding hydrogens is 254 g/mol. The molecule has 0 heterocycles. The van der Waals surface area contributed by atoms with Crippen LogP contribution in [0.25, 0.3) is 0 Å². The highest BCUT2D eigenvalue weighted by atomic mass is 14.9. The van der Waals surface area contributed by atoms with Gasteiger partial charge in [-0.1, -0.05) is 18.2 Å². The van der Waals surface area contributed by atoms with Crippen molar-refractivity contribution in [3.05, 3.63) is 63.7 Å². The lowest BCUT2D eigenvalue weighted by molar-refractivity contribution is 0.605. The zero-order chi connectivity index (χ0) is 15.0. The largest absolute Gasteiger partial charge is 0.382 e. The Kier molecular flexibility index (Phi) is 3.75. The van der Waals surface area contributed by atoms with E-state index in [1.54, 1.807) is 11.1 Å². The Labute approximate surface area is 128 Å². The monoisotopic (exact) mass is 279 g/mol. The molecule has 0 saturated carbocycles. The first-order valence-electron chi connectivity index (χ1n) is 7.97. The molecule has 1 heteroatoms. The van der Waals surface area contributed by atoms with Gasteiger partial charge in [0.1, 0.15) is 0 Å². The van der Waals surface area contributed by atoms with Crippen LogP contribution in [-0.2, 0) is 12.8 Å². The molecular formula is C20H25N. The van der Waals surface area contributed by atoms with Crippen LogP contribution >= 0.6 is 0 Å². The van der Waals surface area contributed by atoms with Crippen molar-refractivity contribution in [2.24, 2.45) is 0 Å². The van der Waals surface area contributed by atoms with Crippen molar-refractivity contribution >= 4 is 5.69 Å². The molecule has 0 spiro atoms. The summed E-state index contributed by atoms with van der Waals surface area (Å²) in [5, 5.41) is 3.70. The summed E-state index contributed by atoms with van der Waals surface area (Å²) in [5.74, 6) is 0. The van der Waals surface area contributed by atoms with Crippen LogP contribution in [0.5, 0.6) is 0 Å². The minimum atomic E-state index is 0.556. The Morgan fingerprint density at radius 3 is 2.10 bits per heavy atom. The first kappa shape index (κ1) is 14.2. The molecule has 0 bridgehead atoms. The molecule has 21 heavy (non-hydrogen) atoms. The van der Waals surface area contributed by atoms with E-state index in [2.05, 4.69) is 63.3 Å². The highest BCUT2D eigenvalue weighted by molar-refractivity contribution is 5.52. The third-order valence-electron chi connectivity index (χ3n) is 5.30. The summed E-state index contributed by atoms with van der Waals surface area (Å²) in [6.07, 6.45) is 3.58. The first-order chi connectivity index (χ1) is 10.1. The number of anilines is 1. The Morgan fingerprint density at radius 2 is 1.43 bits per heavy atom. The number of benzene rings is 2. The summed E-state index contributed by atoms with van der Waals surface area (Å²) in [5.41, 5.74) is 10.4. The van der Waals surface area contributed by atoms with E-state index in [0.717, 1.165) is 6.42 Å². The molecule has 1 nitrogen and oxygen atoms in total. The molecule has 2 aromatic carbocycles. The van der Waals surface area contributed by atoms with Crippen LogP contribution in [0.1, 0.15) is 39.8 Å². The van der Waals surface area contributed by atoms with Crippen LogP contribution in [0.3, 0.4) is 0 Å². The van der Waals surface area contributed by atoms with Crippen molar-refractivity contribution in [3.63, 3.8) is 0 Å². The zero-order valence-corrected chi connectivity index (χ0v) is 13.6. The Hall–Kier alpha value is -1.76. The van der Waals surface area contributed by atoms with E-state index in [1.165, 1.54) is 40.8 Å². The molecule has 2 aromatic rings. The average molecular weight is 279 g/mol. The highest BCUT2D eigenvalue weighted by Gasteiger charge is 2.23. The molecule has 1 atom stereocenters. The smallest absolute Gasteiger partial charge is 0.0342 e. The number of para-hydroxylation sites is 1. The zero-order valence-electron chi connectivity index (χ0n) is 13.6. The maximum absolute atomic E-state index is 3.70. The molecule has 1 aliphatic rings. The number of rotatable bonds is 2. The minimum absolute atomic E-state index is 0.556. The van der Waals surface area contributed by atoms with Gasteiger partial charge in [-0.2, -0.15) is 0 Å². The summed E-state index contributed by atoms with van der Waals surface area (Å²) < 4.78 is 0. The molecule has 3 rings (SSSR count). The molecule has 0 saturated heterocycles. The molecule has 110 valence electrons. The lowest BCUT2D eigenvalue weighted by Gasteiger charge is -2.30. The second-order valence-corrected chi connectivity index (χ2v) is 6.41. The van der Waals surface area contributed by atoms with Crippen LogP contribution in [0, 0.1) is 27.7 Å². The quantitative estimate of drug-likeness (QED) is 0.825. The van der Waals surface area contributed by atoms with Crippen LogP contribution in [0.15, 0.2) is 30.3 Å². The molecule has 0 aliphatic heterocycles. The standard InChI is InChI=1S/C20H25N/c1-13-14(2)16(4)20-12-18(10-11-19(20)15(13)3)21-17-8-6-5-7-9-17/h5-9,18,21H,10-12H2,1-4H3. The van der Waals surface area contributed by atoms with E-state index < -0.39 is 0 Å². The van der Waals surface area contributed by atoms with Gasteiger partial charge in [0.2, 0.25) is 0 Å². The van der Waals surface area contributed by atoms with Gasteiger partial charge in [-0.15, -0.1) is 0 Å². The lowest BCUT2D eigenvalue weighted by atomic mass is 9.79. The van der Waals surface area contributed by atoms with Crippen LogP contribution < -0.4 is 5.32 Å². The van der Waals surface area contributed by atoms with Crippen LogP contribution in [0.2, 0.25) is 0 Å². The summed E-state index contributed by atoms with van der Waals surface area (Å²) >= 11 is 0. The second kappa shape index (κ2) is 5.55. The third kappa shape index (κ3) is 2.57. The first-order valence-corrected chi connectivity index (χ1v) is 7.97. The topological polar surface area (TPSA) is 12.0 Å². The fraction of sp³-hybridized carbons (Fsp3) is 0.400. The van der Waals surface area contributed by atoms with Gasteiger partial charge in [0.25, 0.3) is 0 Å². The predicted octanol–water partition coefficient (Wildman–Crippen LogP) is 4.89. The molecule has 0 fully saturated rings. The number of nitrogens with one attached hydrogen (secondary N) is 1. The molecule has 0 radical (unpaired) electrons. The van der Waals surface area contributed by atoms with Gasteiger partial charge in [-0.3, -0.25) is 0 Å². The summed E-state index contributed by atoms with van der Waals surface area (Å²) in [7, 11) is 0. The van der Waals surface area contributed by atoms with Crippen LogP contribution in [-0.4, -0.2) is 6.04 Å². The van der Waals surface area contributed by atoms with E-state index in [4.69, 9.17) is 0 Å². The van der Waals surface area contributed by atoms with E-state index in [-0.39, 0.29) is 0 Å². The number of fused-ring (bicyclic) bond motifs is 1. The van der Waals surface area contributed by atoms with Crippen molar-refractivity contribution in [2.45, 2.75) is 53.0 Å². The highest BCUT2D eigenvalue weighted by Crippen LogP contribution is 2.33. The van der Waals surface area contributed by atoms with Crippen molar-refractivity contribution in [3.8, 4) is 0 Å².